The smallest absolute Gasteiger partial charge is 0.261 e. The van der Waals surface area contributed by atoms with Gasteiger partial charge in [0.1, 0.15) is 0 Å². The lowest BCUT2D eigenvalue weighted by molar-refractivity contribution is 0.0621. The van der Waals surface area contributed by atoms with Crippen molar-refractivity contribution in [3.05, 3.63) is 68.7 Å². The van der Waals surface area contributed by atoms with Gasteiger partial charge in [-0.3, -0.25) is 29.0 Å². The number of benzene rings is 2. The van der Waals surface area contributed by atoms with Crippen molar-refractivity contribution < 1.29 is 19.2 Å². The molecule has 2 heterocycles. The Kier molecular flexibility index (Phi) is 7.06. The first-order valence-corrected chi connectivity index (χ1v) is 11.1. The van der Waals surface area contributed by atoms with Crippen LogP contribution in [-0.4, -0.2) is 46.5 Å². The molecule has 6 nitrogen and oxygen atoms in total. The highest BCUT2D eigenvalue weighted by molar-refractivity contribution is 6.32. The van der Waals surface area contributed by atoms with Gasteiger partial charge < -0.3 is 0 Å². The van der Waals surface area contributed by atoms with Gasteiger partial charge in [-0.25, -0.2) is 0 Å². The molecule has 0 spiro atoms. The average Bonchev–Trinajstić information content (AvgIpc) is 3.08. The number of hydrogen-bond acceptors (Lipinski definition) is 4. The quantitative estimate of drug-likeness (QED) is 0.571. The van der Waals surface area contributed by atoms with E-state index in [9.17, 15) is 19.2 Å². The van der Waals surface area contributed by atoms with Gasteiger partial charge >= 0.3 is 0 Å². The molecule has 4 amide bonds. The molecule has 0 saturated carbocycles. The van der Waals surface area contributed by atoms with Crippen molar-refractivity contribution in [2.75, 3.05) is 13.1 Å². The predicted octanol–water partition coefficient (Wildman–Crippen LogP) is 5.18. The Bertz CT molecular complexity index is 1020. The highest BCUT2D eigenvalue weighted by atomic mass is 35.5. The van der Waals surface area contributed by atoms with Gasteiger partial charge in [0, 0.05) is 23.1 Å². The van der Waals surface area contributed by atoms with E-state index in [4.69, 9.17) is 23.2 Å². The van der Waals surface area contributed by atoms with Crippen molar-refractivity contribution in [3.63, 3.8) is 0 Å². The van der Waals surface area contributed by atoms with E-state index in [1.807, 2.05) is 27.7 Å². The zero-order valence-corrected chi connectivity index (χ0v) is 19.8. The van der Waals surface area contributed by atoms with Gasteiger partial charge in [-0.05, 0) is 48.2 Å². The highest BCUT2D eigenvalue weighted by Gasteiger charge is 2.36. The summed E-state index contributed by atoms with van der Waals surface area (Å²) in [5.41, 5.74) is 1.74. The summed E-state index contributed by atoms with van der Waals surface area (Å²) in [4.78, 5) is 50.3. The number of carbonyl (C=O) groups is 4. The van der Waals surface area contributed by atoms with E-state index in [-0.39, 0.29) is 35.5 Å². The van der Waals surface area contributed by atoms with Crippen molar-refractivity contribution in [2.24, 2.45) is 11.8 Å². The number of imide groups is 2. The number of fused-ring (bicyclic) bond motifs is 2. The van der Waals surface area contributed by atoms with Crippen LogP contribution in [-0.2, 0) is 0 Å². The van der Waals surface area contributed by atoms with Crippen LogP contribution >= 0.6 is 23.2 Å². The first-order chi connectivity index (χ1) is 15.0. The molecule has 0 fully saturated rings. The van der Waals surface area contributed by atoms with Crippen molar-refractivity contribution in [1.29, 1.82) is 0 Å². The minimum absolute atomic E-state index is 0.217. The third-order valence-electron chi connectivity index (χ3n) is 4.96. The molecular weight excluding hydrogens is 451 g/mol. The summed E-state index contributed by atoms with van der Waals surface area (Å²) in [5.74, 6) is -0.390. The van der Waals surface area contributed by atoms with Crippen molar-refractivity contribution in [2.45, 2.75) is 27.7 Å². The number of rotatable bonds is 4. The minimum Gasteiger partial charge on any atom is -0.274 e. The summed E-state index contributed by atoms with van der Waals surface area (Å²) in [7, 11) is 0. The Labute approximate surface area is 197 Å². The summed E-state index contributed by atoms with van der Waals surface area (Å²) < 4.78 is 0. The molecule has 2 aromatic rings. The Morgan fingerprint density at radius 2 is 0.906 bits per heavy atom. The van der Waals surface area contributed by atoms with Gasteiger partial charge in [0.2, 0.25) is 0 Å². The van der Waals surface area contributed by atoms with Gasteiger partial charge in [0.25, 0.3) is 23.6 Å². The van der Waals surface area contributed by atoms with E-state index in [0.29, 0.717) is 45.4 Å². The lowest BCUT2D eigenvalue weighted by Crippen LogP contribution is -2.33. The molecule has 0 radical (unpaired) electrons. The van der Waals surface area contributed by atoms with Gasteiger partial charge in [-0.2, -0.15) is 0 Å². The fraction of sp³-hybridized carbons (Fsp3) is 0.333. The second-order valence-corrected chi connectivity index (χ2v) is 9.48. The van der Waals surface area contributed by atoms with Crippen molar-refractivity contribution in [1.82, 2.24) is 9.80 Å². The van der Waals surface area contributed by atoms with E-state index < -0.39 is 0 Å². The number of carbonyl (C=O) groups excluding carboxylic acids is 4. The fourth-order valence-electron chi connectivity index (χ4n) is 3.59. The van der Waals surface area contributed by atoms with Crippen LogP contribution in [0.15, 0.2) is 36.4 Å². The minimum atomic E-state index is -0.240. The predicted molar refractivity (Wildman–Crippen MR) is 123 cm³/mol. The van der Waals surface area contributed by atoms with Crippen LogP contribution in [0.4, 0.5) is 0 Å². The van der Waals surface area contributed by atoms with E-state index in [1.54, 1.807) is 36.4 Å². The van der Waals surface area contributed by atoms with Crippen LogP contribution in [0.5, 0.6) is 0 Å². The van der Waals surface area contributed by atoms with Gasteiger partial charge in [0.15, 0.2) is 0 Å². The van der Waals surface area contributed by atoms with Crippen molar-refractivity contribution in [3.8, 4) is 0 Å². The molecule has 0 bridgehead atoms. The van der Waals surface area contributed by atoms with Crippen LogP contribution in [0.2, 0.25) is 10.0 Å². The SMILES string of the molecule is CC(C)CN1C(=O)c2ccc(Cl)cc2C1=O.CC(C)CN1C(=O)c2ccc(Cl)cc2C1=O. The third kappa shape index (κ3) is 4.71. The zero-order valence-electron chi connectivity index (χ0n) is 18.3. The maximum atomic E-state index is 11.9. The molecule has 0 aliphatic carbocycles. The highest BCUT2D eigenvalue weighted by Crippen LogP contribution is 2.27. The van der Waals surface area contributed by atoms with Gasteiger partial charge in [0.05, 0.1) is 22.3 Å². The molecule has 0 atom stereocenters. The summed E-state index contributed by atoms with van der Waals surface area (Å²) in [6.45, 7) is 8.77. The number of nitrogens with zero attached hydrogens (tertiary/aromatic N) is 2. The summed E-state index contributed by atoms with van der Waals surface area (Å²) in [6, 6.07) is 9.58. The molecule has 0 unspecified atom stereocenters. The maximum Gasteiger partial charge on any atom is 0.261 e. The van der Waals surface area contributed by atoms with Crippen LogP contribution in [0.25, 0.3) is 0 Å². The first-order valence-electron chi connectivity index (χ1n) is 10.3. The molecular formula is C24H24Cl2N2O4. The van der Waals surface area contributed by atoms with E-state index in [0.717, 1.165) is 0 Å². The van der Waals surface area contributed by atoms with Gasteiger partial charge in [-0.15, -0.1) is 0 Å². The second-order valence-electron chi connectivity index (χ2n) is 8.61. The van der Waals surface area contributed by atoms with Crippen LogP contribution < -0.4 is 0 Å². The Balaban J connectivity index is 0.000000181. The standard InChI is InChI=1S/2C12H12ClNO2/c2*1-7(2)6-14-11(15)9-4-3-8(13)5-10(9)12(14)16/h2*3-5,7H,6H2,1-2H3. The maximum absolute atomic E-state index is 11.9. The molecule has 32 heavy (non-hydrogen) atoms. The topological polar surface area (TPSA) is 74.8 Å². The number of halogens is 2. The first kappa shape index (κ1) is 24.0. The van der Waals surface area contributed by atoms with E-state index in [1.165, 1.54) is 9.80 Å². The molecule has 4 rings (SSSR count). The van der Waals surface area contributed by atoms with Crippen molar-refractivity contribution >= 4 is 46.8 Å². The van der Waals surface area contributed by atoms with Crippen LogP contribution in [0.1, 0.15) is 69.1 Å². The molecule has 0 saturated heterocycles. The summed E-state index contributed by atoms with van der Waals surface area (Å²) in [5, 5.41) is 0.956. The molecule has 2 aliphatic rings. The largest absolute Gasteiger partial charge is 0.274 e. The Morgan fingerprint density at radius 3 is 1.22 bits per heavy atom. The average molecular weight is 475 g/mol. The molecule has 8 heteroatoms. The lowest BCUT2D eigenvalue weighted by atomic mass is 10.1. The Hall–Kier alpha value is -2.70. The van der Waals surface area contributed by atoms with Crippen LogP contribution in [0, 0.1) is 11.8 Å². The monoisotopic (exact) mass is 474 g/mol. The van der Waals surface area contributed by atoms with E-state index >= 15 is 0 Å². The molecule has 0 N–H and O–H groups in total. The molecule has 0 aromatic heterocycles. The molecule has 168 valence electrons. The Morgan fingerprint density at radius 1 is 0.594 bits per heavy atom. The fourth-order valence-corrected chi connectivity index (χ4v) is 3.93. The van der Waals surface area contributed by atoms with Crippen LogP contribution in [0.3, 0.4) is 0 Å². The summed E-state index contributed by atoms with van der Waals surface area (Å²) in [6.07, 6.45) is 0. The zero-order chi connectivity index (χ0) is 23.7. The van der Waals surface area contributed by atoms with E-state index in [2.05, 4.69) is 0 Å². The number of hydrogen-bond donors (Lipinski definition) is 0. The number of amides is 4. The van der Waals surface area contributed by atoms with Gasteiger partial charge in [-0.1, -0.05) is 50.9 Å². The lowest BCUT2D eigenvalue weighted by Gasteiger charge is -2.15. The molecule has 2 aromatic carbocycles. The third-order valence-corrected chi connectivity index (χ3v) is 5.43. The second kappa shape index (κ2) is 9.43. The molecule has 2 aliphatic heterocycles. The normalized spacial score (nSPS) is 14.9. The summed E-state index contributed by atoms with van der Waals surface area (Å²) >= 11 is 11.6.